The Kier molecular flexibility index (Phi) is 3.91. The van der Waals surface area contributed by atoms with Crippen molar-refractivity contribution in [1.29, 1.82) is 0 Å². The van der Waals surface area contributed by atoms with Gasteiger partial charge in [0.2, 0.25) is 0 Å². The van der Waals surface area contributed by atoms with E-state index in [9.17, 15) is 9.50 Å². The summed E-state index contributed by atoms with van der Waals surface area (Å²) < 4.78 is 15.2. The average Bonchev–Trinajstić information content (AvgIpc) is 3.12. The Morgan fingerprint density at radius 3 is 2.78 bits per heavy atom. The summed E-state index contributed by atoms with van der Waals surface area (Å²) in [6.07, 6.45) is 4.99. The molecule has 23 heavy (non-hydrogen) atoms. The molecule has 1 unspecified atom stereocenters. The number of benzene rings is 1. The van der Waals surface area contributed by atoms with E-state index in [1.54, 1.807) is 12.1 Å². The maximum atomic E-state index is 13.2. The first kappa shape index (κ1) is 14.8. The molecule has 0 radical (unpaired) electrons. The van der Waals surface area contributed by atoms with Crippen LogP contribution in [0.5, 0.6) is 0 Å². The van der Waals surface area contributed by atoms with Crippen molar-refractivity contribution in [3.63, 3.8) is 0 Å². The quantitative estimate of drug-likeness (QED) is 0.946. The second kappa shape index (κ2) is 6.06. The van der Waals surface area contributed by atoms with Crippen molar-refractivity contribution < 1.29 is 9.50 Å². The number of halogens is 1. The van der Waals surface area contributed by atoms with Gasteiger partial charge in [0.15, 0.2) is 0 Å². The topological polar surface area (TPSA) is 41.3 Å². The summed E-state index contributed by atoms with van der Waals surface area (Å²) in [7, 11) is 0. The van der Waals surface area contributed by atoms with Crippen LogP contribution in [0.15, 0.2) is 24.3 Å². The van der Waals surface area contributed by atoms with Crippen LogP contribution in [0.25, 0.3) is 5.69 Å². The van der Waals surface area contributed by atoms with E-state index < -0.39 is 0 Å². The zero-order chi connectivity index (χ0) is 15.8. The third-order valence-electron chi connectivity index (χ3n) is 4.94. The smallest absolute Gasteiger partial charge is 0.123 e. The molecular weight excluding hydrogens is 293 g/mol. The Hall–Kier alpha value is -1.72. The van der Waals surface area contributed by atoms with Gasteiger partial charge in [0.05, 0.1) is 17.5 Å². The van der Waals surface area contributed by atoms with Crippen LogP contribution in [0.1, 0.15) is 36.2 Å². The lowest BCUT2D eigenvalue weighted by Crippen LogP contribution is -2.37. The van der Waals surface area contributed by atoms with Gasteiger partial charge in [0.25, 0.3) is 0 Å². The van der Waals surface area contributed by atoms with E-state index in [4.69, 9.17) is 5.10 Å². The number of fused-ring (bicyclic) bond motifs is 1. The number of piperidine rings is 1. The van der Waals surface area contributed by atoms with Crippen LogP contribution in [-0.2, 0) is 19.4 Å². The lowest BCUT2D eigenvalue weighted by molar-refractivity contribution is 0.0660. The average molecular weight is 315 g/mol. The SMILES string of the molecule is OC1CCCN(Cc2nn(-c3ccc(F)cc3)c3c2CCC3)C1. The Morgan fingerprint density at radius 1 is 1.17 bits per heavy atom. The maximum absolute atomic E-state index is 13.2. The molecule has 1 atom stereocenters. The van der Waals surface area contributed by atoms with E-state index in [0.29, 0.717) is 0 Å². The van der Waals surface area contributed by atoms with Crippen molar-refractivity contribution in [2.75, 3.05) is 13.1 Å². The van der Waals surface area contributed by atoms with Gasteiger partial charge in [-0.3, -0.25) is 4.90 Å². The van der Waals surface area contributed by atoms with Crippen LogP contribution < -0.4 is 0 Å². The first-order valence-corrected chi connectivity index (χ1v) is 8.47. The van der Waals surface area contributed by atoms with Crippen molar-refractivity contribution in [2.45, 2.75) is 44.8 Å². The minimum absolute atomic E-state index is 0.212. The highest BCUT2D eigenvalue weighted by Crippen LogP contribution is 2.29. The van der Waals surface area contributed by atoms with Gasteiger partial charge < -0.3 is 5.11 Å². The number of aliphatic hydroxyl groups is 1. The number of aliphatic hydroxyl groups excluding tert-OH is 1. The van der Waals surface area contributed by atoms with Crippen LogP contribution >= 0.6 is 0 Å². The van der Waals surface area contributed by atoms with Crippen LogP contribution in [0.4, 0.5) is 4.39 Å². The fourth-order valence-electron chi connectivity index (χ4n) is 3.82. The molecule has 0 saturated carbocycles. The van der Waals surface area contributed by atoms with Gasteiger partial charge in [-0.2, -0.15) is 5.10 Å². The van der Waals surface area contributed by atoms with Crippen LogP contribution in [0.2, 0.25) is 0 Å². The first-order chi connectivity index (χ1) is 11.2. The summed E-state index contributed by atoms with van der Waals surface area (Å²) in [5, 5.41) is 14.7. The summed E-state index contributed by atoms with van der Waals surface area (Å²) in [4.78, 5) is 2.30. The summed E-state index contributed by atoms with van der Waals surface area (Å²) in [6, 6.07) is 6.54. The van der Waals surface area contributed by atoms with Crippen LogP contribution in [0, 0.1) is 5.82 Å². The van der Waals surface area contributed by atoms with Crippen molar-refractivity contribution in [3.8, 4) is 5.69 Å². The highest BCUT2D eigenvalue weighted by Gasteiger charge is 2.26. The molecule has 1 fully saturated rings. The fraction of sp³-hybridized carbons (Fsp3) is 0.500. The number of nitrogens with zero attached hydrogens (tertiary/aromatic N) is 3. The lowest BCUT2D eigenvalue weighted by Gasteiger charge is -2.29. The standard InChI is InChI=1S/C18H22FN3O/c19-13-6-8-14(9-7-13)22-18-5-1-4-16(18)17(20-22)12-21-10-2-3-15(23)11-21/h6-9,15,23H,1-5,10-12H2. The summed E-state index contributed by atoms with van der Waals surface area (Å²) >= 11 is 0. The Bertz CT molecular complexity index is 695. The Morgan fingerprint density at radius 2 is 2.00 bits per heavy atom. The lowest BCUT2D eigenvalue weighted by atomic mass is 10.1. The largest absolute Gasteiger partial charge is 0.392 e. The molecule has 122 valence electrons. The minimum Gasteiger partial charge on any atom is -0.392 e. The molecule has 5 heteroatoms. The Labute approximate surface area is 135 Å². The minimum atomic E-state index is -0.222. The van der Waals surface area contributed by atoms with Gasteiger partial charge >= 0.3 is 0 Å². The molecule has 1 N–H and O–H groups in total. The van der Waals surface area contributed by atoms with Gasteiger partial charge in [-0.1, -0.05) is 0 Å². The van der Waals surface area contributed by atoms with E-state index in [2.05, 4.69) is 4.90 Å². The van der Waals surface area contributed by atoms with Gasteiger partial charge in [0, 0.05) is 18.8 Å². The molecule has 4 nitrogen and oxygen atoms in total. The summed E-state index contributed by atoms with van der Waals surface area (Å²) in [6.45, 7) is 2.56. The molecule has 2 aromatic rings. The fourth-order valence-corrected chi connectivity index (χ4v) is 3.82. The zero-order valence-corrected chi connectivity index (χ0v) is 13.2. The van der Waals surface area contributed by atoms with Crippen LogP contribution in [-0.4, -0.2) is 39.0 Å². The van der Waals surface area contributed by atoms with E-state index in [1.807, 2.05) is 4.68 Å². The van der Waals surface area contributed by atoms with E-state index >= 15 is 0 Å². The van der Waals surface area contributed by atoms with Crippen molar-refractivity contribution in [1.82, 2.24) is 14.7 Å². The number of likely N-dealkylation sites (tertiary alicyclic amines) is 1. The monoisotopic (exact) mass is 315 g/mol. The molecule has 2 aliphatic rings. The number of β-amino-alcohol motifs (C(OH)–C–C–N with tert-alkyl or cyclic N) is 1. The van der Waals surface area contributed by atoms with E-state index in [0.717, 1.165) is 63.1 Å². The third kappa shape index (κ3) is 2.91. The normalized spacial score (nSPS) is 21.6. The molecule has 1 aliphatic carbocycles. The van der Waals surface area contributed by atoms with Crippen LogP contribution in [0.3, 0.4) is 0 Å². The molecule has 1 aromatic heterocycles. The molecular formula is C18H22FN3O. The first-order valence-electron chi connectivity index (χ1n) is 8.47. The Balaban J connectivity index is 1.63. The predicted octanol–water partition coefficient (Wildman–Crippen LogP) is 2.46. The maximum Gasteiger partial charge on any atom is 0.123 e. The van der Waals surface area contributed by atoms with E-state index in [1.165, 1.54) is 23.4 Å². The summed E-state index contributed by atoms with van der Waals surface area (Å²) in [5.74, 6) is -0.222. The van der Waals surface area contributed by atoms with Gasteiger partial charge in [-0.15, -0.1) is 0 Å². The highest BCUT2D eigenvalue weighted by atomic mass is 19.1. The van der Waals surface area contributed by atoms with Crippen molar-refractivity contribution in [2.24, 2.45) is 0 Å². The molecule has 0 amide bonds. The molecule has 1 aromatic carbocycles. The van der Waals surface area contributed by atoms with E-state index in [-0.39, 0.29) is 11.9 Å². The number of hydrogen-bond donors (Lipinski definition) is 1. The van der Waals surface area contributed by atoms with Crippen molar-refractivity contribution in [3.05, 3.63) is 47.0 Å². The second-order valence-electron chi connectivity index (χ2n) is 6.64. The number of hydrogen-bond acceptors (Lipinski definition) is 3. The molecule has 1 saturated heterocycles. The van der Waals surface area contributed by atoms with Gasteiger partial charge in [0.1, 0.15) is 5.82 Å². The highest BCUT2D eigenvalue weighted by molar-refractivity contribution is 5.40. The third-order valence-corrected chi connectivity index (χ3v) is 4.94. The van der Waals surface area contributed by atoms with Crippen molar-refractivity contribution >= 4 is 0 Å². The molecule has 1 aliphatic heterocycles. The zero-order valence-electron chi connectivity index (χ0n) is 13.2. The summed E-state index contributed by atoms with van der Waals surface area (Å²) in [5.41, 5.74) is 4.67. The second-order valence-corrected chi connectivity index (χ2v) is 6.64. The van der Waals surface area contributed by atoms with Gasteiger partial charge in [-0.25, -0.2) is 9.07 Å². The predicted molar refractivity (Wildman–Crippen MR) is 86.1 cm³/mol. The number of aromatic nitrogens is 2. The molecule has 4 rings (SSSR count). The molecule has 0 bridgehead atoms. The molecule has 2 heterocycles. The van der Waals surface area contributed by atoms with Gasteiger partial charge in [-0.05, 0) is 68.5 Å². The molecule has 0 spiro atoms. The number of rotatable bonds is 3.